The SMILES string of the molecule is C=CCOCCOCCOCCOCCOCCOCCOCCOCCOCCOC1CCCCO1. The molecule has 0 aromatic heterocycles. The van der Waals surface area contributed by atoms with Gasteiger partial charge in [0, 0.05) is 6.61 Å². The highest BCUT2D eigenvalue weighted by molar-refractivity contribution is 4.63. The van der Waals surface area contributed by atoms with Gasteiger partial charge in [-0.3, -0.25) is 0 Å². The zero-order valence-electron chi connectivity index (χ0n) is 22.6. The molecule has 0 saturated carbocycles. The van der Waals surface area contributed by atoms with E-state index in [0.717, 1.165) is 19.4 Å². The summed E-state index contributed by atoms with van der Waals surface area (Å²) >= 11 is 0. The highest BCUT2D eigenvalue weighted by Gasteiger charge is 2.13. The second-order valence-electron chi connectivity index (χ2n) is 7.93. The maximum Gasteiger partial charge on any atom is 0.157 e. The molecule has 1 atom stereocenters. The molecule has 1 heterocycles. The molecule has 0 amide bonds. The third-order valence-electron chi connectivity index (χ3n) is 4.88. The molecule has 11 nitrogen and oxygen atoms in total. The highest BCUT2D eigenvalue weighted by Crippen LogP contribution is 2.13. The molecule has 220 valence electrons. The van der Waals surface area contributed by atoms with Gasteiger partial charge in [0.1, 0.15) is 0 Å². The topological polar surface area (TPSA) is 102 Å². The van der Waals surface area contributed by atoms with Crippen LogP contribution in [0, 0.1) is 0 Å². The Morgan fingerprint density at radius 1 is 0.486 bits per heavy atom. The molecule has 37 heavy (non-hydrogen) atoms. The molecular formula is C26H50O11. The standard InChI is InChI=1S/C26H50O11/c1-2-6-27-8-9-28-10-11-29-12-13-30-14-15-31-16-17-32-18-19-33-20-21-34-22-23-35-24-25-37-26-5-3-4-7-36-26/h2,26H,1,3-25H2. The second kappa shape index (κ2) is 29.9. The van der Waals surface area contributed by atoms with E-state index >= 15 is 0 Å². The zero-order chi connectivity index (χ0) is 26.3. The number of hydrogen-bond donors (Lipinski definition) is 0. The van der Waals surface area contributed by atoms with Crippen molar-refractivity contribution in [2.24, 2.45) is 0 Å². The molecule has 0 spiro atoms. The summed E-state index contributed by atoms with van der Waals surface area (Å²) < 4.78 is 59.8. The van der Waals surface area contributed by atoms with Crippen LogP contribution < -0.4 is 0 Å². The molecule has 1 unspecified atom stereocenters. The lowest BCUT2D eigenvalue weighted by Gasteiger charge is -2.22. The van der Waals surface area contributed by atoms with Crippen molar-refractivity contribution in [3.05, 3.63) is 12.7 Å². The van der Waals surface area contributed by atoms with Gasteiger partial charge in [-0.25, -0.2) is 0 Å². The van der Waals surface area contributed by atoms with Crippen LogP contribution in [0.2, 0.25) is 0 Å². The molecule has 0 aliphatic carbocycles. The Kier molecular flexibility index (Phi) is 27.7. The zero-order valence-corrected chi connectivity index (χ0v) is 22.6. The maximum absolute atomic E-state index is 5.60. The molecule has 1 saturated heterocycles. The van der Waals surface area contributed by atoms with Crippen LogP contribution in [0.15, 0.2) is 12.7 Å². The summed E-state index contributed by atoms with van der Waals surface area (Å²) in [5.41, 5.74) is 0. The Balaban J connectivity index is 1.61. The van der Waals surface area contributed by atoms with E-state index in [4.69, 9.17) is 52.1 Å². The number of hydrogen-bond acceptors (Lipinski definition) is 11. The van der Waals surface area contributed by atoms with Crippen LogP contribution in [0.3, 0.4) is 0 Å². The van der Waals surface area contributed by atoms with Gasteiger partial charge < -0.3 is 52.1 Å². The van der Waals surface area contributed by atoms with E-state index in [1.807, 2.05) is 0 Å². The van der Waals surface area contributed by atoms with E-state index in [2.05, 4.69) is 6.58 Å². The molecule has 1 rings (SSSR count). The lowest BCUT2D eigenvalue weighted by atomic mass is 10.2. The molecule has 0 bridgehead atoms. The van der Waals surface area contributed by atoms with Crippen molar-refractivity contribution in [3.63, 3.8) is 0 Å². The summed E-state index contributed by atoms with van der Waals surface area (Å²) in [6.45, 7) is 14.6. The van der Waals surface area contributed by atoms with Crippen molar-refractivity contribution in [2.45, 2.75) is 25.6 Å². The van der Waals surface area contributed by atoms with Gasteiger partial charge in [0.15, 0.2) is 6.29 Å². The Labute approximate surface area is 222 Å². The largest absolute Gasteiger partial charge is 0.377 e. The van der Waals surface area contributed by atoms with E-state index in [9.17, 15) is 0 Å². The first-order chi connectivity index (χ1) is 18.4. The van der Waals surface area contributed by atoms with Crippen molar-refractivity contribution in [1.82, 2.24) is 0 Å². The first-order valence-corrected chi connectivity index (χ1v) is 13.5. The summed E-state index contributed by atoms with van der Waals surface area (Å²) in [5.74, 6) is 0. The number of ether oxygens (including phenoxy) is 11. The van der Waals surface area contributed by atoms with Crippen LogP contribution in [-0.4, -0.2) is 138 Å². The van der Waals surface area contributed by atoms with Gasteiger partial charge in [-0.05, 0) is 19.3 Å². The van der Waals surface area contributed by atoms with E-state index in [0.29, 0.717) is 126 Å². The fourth-order valence-corrected chi connectivity index (χ4v) is 3.01. The summed E-state index contributed by atoms with van der Waals surface area (Å²) in [6.07, 6.45) is 4.92. The van der Waals surface area contributed by atoms with E-state index in [1.54, 1.807) is 6.08 Å². The van der Waals surface area contributed by atoms with E-state index < -0.39 is 0 Å². The van der Waals surface area contributed by atoms with Crippen LogP contribution in [0.4, 0.5) is 0 Å². The molecule has 1 aliphatic heterocycles. The van der Waals surface area contributed by atoms with Gasteiger partial charge in [0.05, 0.1) is 126 Å². The predicted octanol–water partition coefficient (Wildman–Crippen LogP) is 1.87. The molecule has 0 radical (unpaired) electrons. The Morgan fingerprint density at radius 2 is 0.838 bits per heavy atom. The van der Waals surface area contributed by atoms with Crippen LogP contribution >= 0.6 is 0 Å². The first kappa shape index (κ1) is 34.3. The minimum Gasteiger partial charge on any atom is -0.377 e. The highest BCUT2D eigenvalue weighted by atomic mass is 16.7. The van der Waals surface area contributed by atoms with Gasteiger partial charge in [-0.1, -0.05) is 6.08 Å². The second-order valence-corrected chi connectivity index (χ2v) is 7.93. The van der Waals surface area contributed by atoms with Gasteiger partial charge in [0.25, 0.3) is 0 Å². The monoisotopic (exact) mass is 538 g/mol. The van der Waals surface area contributed by atoms with Gasteiger partial charge in [0.2, 0.25) is 0 Å². The molecule has 0 N–H and O–H groups in total. The van der Waals surface area contributed by atoms with Gasteiger partial charge in [-0.15, -0.1) is 6.58 Å². The van der Waals surface area contributed by atoms with E-state index in [-0.39, 0.29) is 6.29 Å². The summed E-state index contributed by atoms with van der Waals surface area (Å²) in [7, 11) is 0. The normalized spacial score (nSPS) is 15.8. The lowest BCUT2D eigenvalue weighted by molar-refractivity contribution is -0.169. The van der Waals surface area contributed by atoms with Crippen molar-refractivity contribution in [1.29, 1.82) is 0 Å². The smallest absolute Gasteiger partial charge is 0.157 e. The Morgan fingerprint density at radius 3 is 1.16 bits per heavy atom. The van der Waals surface area contributed by atoms with Crippen molar-refractivity contribution >= 4 is 0 Å². The molecule has 11 heteroatoms. The Hall–Kier alpha value is -0.700. The average Bonchev–Trinajstić information content (AvgIpc) is 2.93. The minimum atomic E-state index is -0.0608. The molecule has 0 aromatic carbocycles. The van der Waals surface area contributed by atoms with Gasteiger partial charge >= 0.3 is 0 Å². The van der Waals surface area contributed by atoms with Crippen molar-refractivity contribution < 1.29 is 52.1 Å². The first-order valence-electron chi connectivity index (χ1n) is 13.5. The third-order valence-corrected chi connectivity index (χ3v) is 4.88. The molecular weight excluding hydrogens is 488 g/mol. The maximum atomic E-state index is 5.60. The van der Waals surface area contributed by atoms with E-state index in [1.165, 1.54) is 6.42 Å². The van der Waals surface area contributed by atoms with Gasteiger partial charge in [-0.2, -0.15) is 0 Å². The number of rotatable bonds is 30. The van der Waals surface area contributed by atoms with Crippen LogP contribution in [-0.2, 0) is 52.1 Å². The van der Waals surface area contributed by atoms with Crippen LogP contribution in [0.25, 0.3) is 0 Å². The third kappa shape index (κ3) is 26.7. The van der Waals surface area contributed by atoms with Crippen LogP contribution in [0.1, 0.15) is 19.3 Å². The molecule has 1 aliphatic rings. The fraction of sp³-hybridized carbons (Fsp3) is 0.923. The molecule has 0 aromatic rings. The average molecular weight is 539 g/mol. The van der Waals surface area contributed by atoms with Crippen molar-refractivity contribution in [2.75, 3.05) is 132 Å². The summed E-state index contributed by atoms with van der Waals surface area (Å²) in [6, 6.07) is 0. The predicted molar refractivity (Wildman–Crippen MR) is 137 cm³/mol. The lowest BCUT2D eigenvalue weighted by Crippen LogP contribution is -2.24. The minimum absolute atomic E-state index is 0.0608. The van der Waals surface area contributed by atoms with Crippen LogP contribution in [0.5, 0.6) is 0 Å². The Bertz CT molecular complexity index is 450. The van der Waals surface area contributed by atoms with Crippen molar-refractivity contribution in [3.8, 4) is 0 Å². The fourth-order valence-electron chi connectivity index (χ4n) is 3.01. The molecule has 1 fully saturated rings. The summed E-state index contributed by atoms with van der Waals surface area (Å²) in [4.78, 5) is 0. The quantitative estimate of drug-likeness (QED) is 0.0989. The summed E-state index contributed by atoms with van der Waals surface area (Å²) in [5, 5.41) is 0.